The number of nitrogens with zero attached hydrogens (tertiary/aromatic N) is 4. The summed E-state index contributed by atoms with van der Waals surface area (Å²) in [5.74, 6) is 1.05. The standard InChI is InChI=1S/C16H22N4O2/c1-18-6-4-12(17-18)8-15(21)19-7-5-13-14(19)9-16(22)20(13)10-11-2-3-11/h4,6,11,13-14H,2-3,5,7-10H2,1H3/t13-,14-/m0/s1. The van der Waals surface area contributed by atoms with Gasteiger partial charge in [0.2, 0.25) is 11.8 Å². The first-order chi connectivity index (χ1) is 10.6. The molecule has 0 N–H and O–H groups in total. The van der Waals surface area contributed by atoms with E-state index in [0.717, 1.165) is 25.2 Å². The quantitative estimate of drug-likeness (QED) is 0.817. The summed E-state index contributed by atoms with van der Waals surface area (Å²) in [6.45, 7) is 1.68. The minimum atomic E-state index is 0.0856. The summed E-state index contributed by atoms with van der Waals surface area (Å²) in [6, 6.07) is 2.22. The van der Waals surface area contributed by atoms with Gasteiger partial charge in [-0.15, -0.1) is 0 Å². The van der Waals surface area contributed by atoms with Gasteiger partial charge < -0.3 is 9.80 Å². The Hall–Kier alpha value is -1.85. The maximum absolute atomic E-state index is 12.6. The molecule has 6 nitrogen and oxygen atoms in total. The fourth-order valence-electron chi connectivity index (χ4n) is 3.87. The molecule has 1 aliphatic carbocycles. The topological polar surface area (TPSA) is 58.4 Å². The van der Waals surface area contributed by atoms with Crippen LogP contribution >= 0.6 is 0 Å². The molecule has 2 aliphatic heterocycles. The molecule has 0 radical (unpaired) electrons. The Bertz CT molecular complexity index is 607. The summed E-state index contributed by atoms with van der Waals surface area (Å²) in [4.78, 5) is 28.8. The molecule has 0 aromatic carbocycles. The molecule has 1 aromatic rings. The Labute approximate surface area is 130 Å². The summed E-state index contributed by atoms with van der Waals surface area (Å²) in [6.07, 6.45) is 6.13. The number of carbonyl (C=O) groups excluding carboxylic acids is 2. The fraction of sp³-hybridized carbons (Fsp3) is 0.688. The van der Waals surface area contributed by atoms with Crippen molar-refractivity contribution in [3.63, 3.8) is 0 Å². The molecule has 3 fully saturated rings. The minimum absolute atomic E-state index is 0.0856. The molecule has 1 saturated carbocycles. The number of rotatable bonds is 4. The zero-order chi connectivity index (χ0) is 15.3. The lowest BCUT2D eigenvalue weighted by molar-refractivity contribution is -0.131. The Morgan fingerprint density at radius 3 is 2.82 bits per heavy atom. The molecule has 4 rings (SSSR count). The number of likely N-dealkylation sites (tertiary alicyclic amines) is 2. The second kappa shape index (κ2) is 5.11. The number of aryl methyl sites for hydroxylation is 1. The summed E-state index contributed by atoms with van der Waals surface area (Å²) in [7, 11) is 1.85. The maximum Gasteiger partial charge on any atom is 0.228 e. The van der Waals surface area contributed by atoms with Crippen LogP contribution in [0.2, 0.25) is 0 Å². The minimum Gasteiger partial charge on any atom is -0.337 e. The largest absolute Gasteiger partial charge is 0.337 e. The first-order valence-electron chi connectivity index (χ1n) is 8.19. The van der Waals surface area contributed by atoms with E-state index in [0.29, 0.717) is 18.8 Å². The summed E-state index contributed by atoms with van der Waals surface area (Å²) in [5.41, 5.74) is 0.801. The van der Waals surface area contributed by atoms with Crippen LogP contribution in [-0.4, -0.2) is 56.6 Å². The van der Waals surface area contributed by atoms with E-state index in [1.807, 2.05) is 24.2 Å². The Kier molecular flexibility index (Phi) is 3.20. The van der Waals surface area contributed by atoms with Crippen molar-refractivity contribution in [1.29, 1.82) is 0 Å². The highest BCUT2D eigenvalue weighted by molar-refractivity contribution is 5.84. The molecule has 0 spiro atoms. The molecule has 1 aromatic heterocycles. The number of aromatic nitrogens is 2. The number of fused-ring (bicyclic) bond motifs is 1. The fourth-order valence-corrected chi connectivity index (χ4v) is 3.87. The third-order valence-electron chi connectivity index (χ3n) is 5.19. The average molecular weight is 302 g/mol. The van der Waals surface area contributed by atoms with Crippen molar-refractivity contribution >= 4 is 11.8 Å². The van der Waals surface area contributed by atoms with Gasteiger partial charge in [0.25, 0.3) is 0 Å². The Morgan fingerprint density at radius 2 is 2.14 bits per heavy atom. The molecule has 3 heterocycles. The summed E-state index contributed by atoms with van der Waals surface area (Å²) < 4.78 is 1.71. The molecular formula is C16H22N4O2. The van der Waals surface area contributed by atoms with E-state index in [-0.39, 0.29) is 23.9 Å². The van der Waals surface area contributed by atoms with E-state index in [9.17, 15) is 9.59 Å². The van der Waals surface area contributed by atoms with Crippen molar-refractivity contribution in [3.05, 3.63) is 18.0 Å². The Morgan fingerprint density at radius 1 is 1.32 bits per heavy atom. The van der Waals surface area contributed by atoms with Crippen LogP contribution in [0.4, 0.5) is 0 Å². The van der Waals surface area contributed by atoms with Gasteiger partial charge in [0.05, 0.1) is 24.2 Å². The molecular weight excluding hydrogens is 280 g/mol. The van der Waals surface area contributed by atoms with Crippen molar-refractivity contribution in [3.8, 4) is 0 Å². The van der Waals surface area contributed by atoms with Gasteiger partial charge >= 0.3 is 0 Å². The Balaban J connectivity index is 1.43. The lowest BCUT2D eigenvalue weighted by atomic mass is 10.1. The van der Waals surface area contributed by atoms with Gasteiger partial charge in [0.15, 0.2) is 0 Å². The first-order valence-corrected chi connectivity index (χ1v) is 8.19. The van der Waals surface area contributed by atoms with Crippen LogP contribution in [0.15, 0.2) is 12.3 Å². The predicted octanol–water partition coefficient (Wildman–Crippen LogP) is 0.574. The third kappa shape index (κ3) is 2.40. The smallest absolute Gasteiger partial charge is 0.228 e. The normalized spacial score (nSPS) is 27.6. The highest BCUT2D eigenvalue weighted by Gasteiger charge is 2.49. The summed E-state index contributed by atoms with van der Waals surface area (Å²) in [5, 5.41) is 4.28. The van der Waals surface area contributed by atoms with Gasteiger partial charge in [-0.3, -0.25) is 14.3 Å². The monoisotopic (exact) mass is 302 g/mol. The molecule has 0 unspecified atom stereocenters. The van der Waals surface area contributed by atoms with Crippen molar-refractivity contribution < 1.29 is 9.59 Å². The number of hydrogen-bond acceptors (Lipinski definition) is 3. The zero-order valence-electron chi connectivity index (χ0n) is 12.9. The van der Waals surface area contributed by atoms with Crippen molar-refractivity contribution in [2.45, 2.75) is 44.2 Å². The average Bonchev–Trinajstić information content (AvgIpc) is 2.94. The number of amides is 2. The second-order valence-electron chi connectivity index (χ2n) is 6.86. The number of hydrogen-bond donors (Lipinski definition) is 0. The van der Waals surface area contributed by atoms with Gasteiger partial charge in [-0.2, -0.15) is 5.10 Å². The zero-order valence-corrected chi connectivity index (χ0v) is 12.9. The van der Waals surface area contributed by atoms with Gasteiger partial charge in [0, 0.05) is 32.8 Å². The van der Waals surface area contributed by atoms with Crippen molar-refractivity contribution in [2.24, 2.45) is 13.0 Å². The lowest BCUT2D eigenvalue weighted by Crippen LogP contribution is -2.41. The van der Waals surface area contributed by atoms with Gasteiger partial charge in [-0.05, 0) is 31.2 Å². The van der Waals surface area contributed by atoms with E-state index in [4.69, 9.17) is 0 Å². The van der Waals surface area contributed by atoms with Crippen LogP contribution in [0.25, 0.3) is 0 Å². The van der Waals surface area contributed by atoms with Crippen LogP contribution in [0.5, 0.6) is 0 Å². The molecule has 2 saturated heterocycles. The van der Waals surface area contributed by atoms with Crippen LogP contribution in [0.1, 0.15) is 31.4 Å². The highest BCUT2D eigenvalue weighted by Crippen LogP contribution is 2.37. The molecule has 2 atom stereocenters. The van der Waals surface area contributed by atoms with E-state index >= 15 is 0 Å². The maximum atomic E-state index is 12.6. The first kappa shape index (κ1) is 13.8. The van der Waals surface area contributed by atoms with Gasteiger partial charge in [-0.25, -0.2) is 0 Å². The van der Waals surface area contributed by atoms with Crippen LogP contribution in [-0.2, 0) is 23.1 Å². The SMILES string of the molecule is Cn1ccc(CC(=O)N2CC[C@H]3[C@@H]2CC(=O)N3CC2CC2)n1. The molecule has 0 bridgehead atoms. The number of carbonyl (C=O) groups is 2. The van der Waals surface area contributed by atoms with E-state index < -0.39 is 0 Å². The lowest BCUT2D eigenvalue weighted by Gasteiger charge is -2.25. The predicted molar refractivity (Wildman–Crippen MR) is 79.9 cm³/mol. The molecule has 22 heavy (non-hydrogen) atoms. The molecule has 6 heteroatoms. The van der Waals surface area contributed by atoms with Gasteiger partial charge in [-0.1, -0.05) is 0 Å². The molecule has 118 valence electrons. The van der Waals surface area contributed by atoms with Crippen LogP contribution in [0.3, 0.4) is 0 Å². The molecule has 2 amide bonds. The third-order valence-corrected chi connectivity index (χ3v) is 5.19. The van der Waals surface area contributed by atoms with E-state index in [1.54, 1.807) is 4.68 Å². The molecule has 3 aliphatic rings. The van der Waals surface area contributed by atoms with Gasteiger partial charge in [0.1, 0.15) is 0 Å². The van der Waals surface area contributed by atoms with E-state index in [1.165, 1.54) is 12.8 Å². The van der Waals surface area contributed by atoms with Crippen LogP contribution < -0.4 is 0 Å². The summed E-state index contributed by atoms with van der Waals surface area (Å²) >= 11 is 0. The van der Waals surface area contributed by atoms with E-state index in [2.05, 4.69) is 10.00 Å². The van der Waals surface area contributed by atoms with Crippen molar-refractivity contribution in [1.82, 2.24) is 19.6 Å². The van der Waals surface area contributed by atoms with Crippen LogP contribution in [0, 0.1) is 5.92 Å². The highest BCUT2D eigenvalue weighted by atomic mass is 16.2. The second-order valence-corrected chi connectivity index (χ2v) is 6.86. The van der Waals surface area contributed by atoms with Crippen molar-refractivity contribution in [2.75, 3.05) is 13.1 Å².